The second-order valence-electron chi connectivity index (χ2n) is 6.82. The number of anilines is 2. The van der Waals surface area contributed by atoms with Crippen molar-refractivity contribution < 1.29 is 9.53 Å². The molecule has 29 heavy (non-hydrogen) atoms. The summed E-state index contributed by atoms with van der Waals surface area (Å²) in [6.45, 7) is 0. The lowest BCUT2D eigenvalue weighted by atomic mass is 10.0. The Morgan fingerprint density at radius 3 is 2.55 bits per heavy atom. The van der Waals surface area contributed by atoms with Crippen molar-refractivity contribution in [3.8, 4) is 5.75 Å². The normalized spacial score (nSPS) is 14.6. The molecule has 1 N–H and O–H groups in total. The van der Waals surface area contributed by atoms with E-state index in [1.807, 2.05) is 78.9 Å². The second kappa shape index (κ2) is 6.83. The van der Waals surface area contributed by atoms with E-state index in [2.05, 4.69) is 4.98 Å². The number of aromatic amines is 1. The first kappa shape index (κ1) is 17.6. The van der Waals surface area contributed by atoms with Crippen LogP contribution in [0.25, 0.3) is 22.6 Å². The summed E-state index contributed by atoms with van der Waals surface area (Å²) < 4.78 is 5.36. The highest BCUT2D eigenvalue weighted by Crippen LogP contribution is 2.43. The molecule has 1 aromatic heterocycles. The Bertz CT molecular complexity index is 1270. The van der Waals surface area contributed by atoms with Crippen LogP contribution < -0.4 is 9.64 Å². The number of aromatic nitrogens is 1. The zero-order valence-electron chi connectivity index (χ0n) is 15.6. The van der Waals surface area contributed by atoms with Crippen LogP contribution in [0.15, 0.2) is 72.8 Å². The van der Waals surface area contributed by atoms with Gasteiger partial charge < -0.3 is 9.72 Å². The van der Waals surface area contributed by atoms with E-state index in [-0.39, 0.29) is 5.91 Å². The van der Waals surface area contributed by atoms with Gasteiger partial charge in [-0.3, -0.25) is 9.69 Å². The summed E-state index contributed by atoms with van der Waals surface area (Å²) in [6.07, 6.45) is 1.87. The zero-order chi connectivity index (χ0) is 20.0. The average Bonchev–Trinajstić information content (AvgIpc) is 3.22. The minimum atomic E-state index is -0.0780. The third-order valence-corrected chi connectivity index (χ3v) is 5.47. The van der Waals surface area contributed by atoms with E-state index >= 15 is 0 Å². The number of carbonyl (C=O) groups is 1. The van der Waals surface area contributed by atoms with Crippen LogP contribution in [0.5, 0.6) is 5.75 Å². The quantitative estimate of drug-likeness (QED) is 0.425. The van der Waals surface area contributed by atoms with Crippen LogP contribution in [0.1, 0.15) is 11.1 Å². The predicted octanol–water partition coefficient (Wildman–Crippen LogP) is 6.05. The number of fused-ring (bicyclic) bond motifs is 2. The second-order valence-corrected chi connectivity index (χ2v) is 7.19. The summed E-state index contributed by atoms with van der Waals surface area (Å²) >= 11 is 6.50. The maximum absolute atomic E-state index is 13.4. The fourth-order valence-corrected chi connectivity index (χ4v) is 4.04. The van der Waals surface area contributed by atoms with Gasteiger partial charge in [0.2, 0.25) is 0 Å². The van der Waals surface area contributed by atoms with Crippen LogP contribution in [-0.4, -0.2) is 18.0 Å². The molecule has 0 radical (unpaired) electrons. The van der Waals surface area contributed by atoms with E-state index in [9.17, 15) is 4.79 Å². The van der Waals surface area contributed by atoms with Crippen molar-refractivity contribution in [2.75, 3.05) is 12.0 Å². The van der Waals surface area contributed by atoms with Crippen molar-refractivity contribution >= 4 is 51.4 Å². The summed E-state index contributed by atoms with van der Waals surface area (Å²) in [7, 11) is 1.63. The lowest BCUT2D eigenvalue weighted by Crippen LogP contribution is -2.20. The van der Waals surface area contributed by atoms with Gasteiger partial charge in [0.15, 0.2) is 0 Å². The van der Waals surface area contributed by atoms with Gasteiger partial charge in [-0.05, 0) is 42.5 Å². The molecular weight excluding hydrogens is 384 g/mol. The smallest absolute Gasteiger partial charge is 0.263 e. The number of carbonyl (C=O) groups excluding carboxylic acids is 1. The molecule has 5 heteroatoms. The molecule has 142 valence electrons. The minimum Gasteiger partial charge on any atom is -0.497 e. The molecule has 4 aromatic rings. The summed E-state index contributed by atoms with van der Waals surface area (Å²) in [5, 5.41) is 1.40. The third kappa shape index (κ3) is 2.80. The number of rotatable bonds is 3. The number of para-hydroxylation sites is 2. The number of benzene rings is 3. The van der Waals surface area contributed by atoms with E-state index in [1.54, 1.807) is 12.0 Å². The van der Waals surface area contributed by atoms with Gasteiger partial charge in [-0.15, -0.1) is 0 Å². The van der Waals surface area contributed by atoms with Gasteiger partial charge >= 0.3 is 0 Å². The largest absolute Gasteiger partial charge is 0.497 e. The molecular formula is C24H17ClN2O2. The molecule has 5 rings (SSSR count). The van der Waals surface area contributed by atoms with Crippen LogP contribution in [0.3, 0.4) is 0 Å². The van der Waals surface area contributed by atoms with E-state index in [0.717, 1.165) is 39.2 Å². The van der Waals surface area contributed by atoms with Crippen molar-refractivity contribution in [2.45, 2.75) is 0 Å². The lowest BCUT2D eigenvalue weighted by Gasteiger charge is -2.16. The zero-order valence-corrected chi connectivity index (χ0v) is 16.4. The average molecular weight is 401 g/mol. The summed E-state index contributed by atoms with van der Waals surface area (Å²) in [5.41, 5.74) is 4.85. The van der Waals surface area contributed by atoms with Crippen molar-refractivity contribution in [3.63, 3.8) is 0 Å². The molecule has 1 aliphatic rings. The summed E-state index contributed by atoms with van der Waals surface area (Å²) in [4.78, 5) is 18.4. The van der Waals surface area contributed by atoms with Gasteiger partial charge in [0.1, 0.15) is 10.9 Å². The number of hydrogen-bond donors (Lipinski definition) is 1. The number of amides is 1. The highest BCUT2D eigenvalue weighted by molar-refractivity contribution is 6.40. The van der Waals surface area contributed by atoms with Gasteiger partial charge in [-0.25, -0.2) is 0 Å². The number of methoxy groups -OCH3 is 1. The molecule has 0 unspecified atom stereocenters. The van der Waals surface area contributed by atoms with Gasteiger partial charge in [0.25, 0.3) is 5.91 Å². The molecule has 0 bridgehead atoms. The van der Waals surface area contributed by atoms with Crippen LogP contribution in [0, 0.1) is 0 Å². The van der Waals surface area contributed by atoms with Gasteiger partial charge in [0.05, 0.1) is 18.4 Å². The highest BCUT2D eigenvalue weighted by Gasteiger charge is 2.33. The first-order valence-electron chi connectivity index (χ1n) is 9.23. The Kier molecular flexibility index (Phi) is 4.14. The van der Waals surface area contributed by atoms with Crippen molar-refractivity contribution in [2.24, 2.45) is 0 Å². The molecule has 2 heterocycles. The van der Waals surface area contributed by atoms with Crippen LogP contribution in [-0.2, 0) is 4.79 Å². The first-order chi connectivity index (χ1) is 14.2. The summed E-state index contributed by atoms with van der Waals surface area (Å²) in [5.74, 6) is 0.655. The lowest BCUT2D eigenvalue weighted by molar-refractivity contribution is -0.112. The Labute approximate surface area is 173 Å². The predicted molar refractivity (Wildman–Crippen MR) is 118 cm³/mol. The number of halogens is 1. The topological polar surface area (TPSA) is 45.3 Å². The summed E-state index contributed by atoms with van der Waals surface area (Å²) in [6, 6.07) is 23.2. The van der Waals surface area contributed by atoms with E-state index in [0.29, 0.717) is 10.7 Å². The van der Waals surface area contributed by atoms with Crippen LogP contribution in [0.4, 0.5) is 11.4 Å². The number of hydrogen-bond acceptors (Lipinski definition) is 2. The fraction of sp³-hybridized carbons (Fsp3) is 0.0417. The highest BCUT2D eigenvalue weighted by atomic mass is 35.5. The first-order valence-corrected chi connectivity index (χ1v) is 9.61. The Morgan fingerprint density at radius 2 is 1.76 bits per heavy atom. The van der Waals surface area contributed by atoms with Crippen LogP contribution >= 0.6 is 11.6 Å². The van der Waals surface area contributed by atoms with Crippen molar-refractivity contribution in [1.82, 2.24) is 4.98 Å². The Balaban J connectivity index is 1.71. The Hall–Kier alpha value is -3.50. The molecule has 1 aliphatic heterocycles. The van der Waals surface area contributed by atoms with Gasteiger partial charge in [-0.2, -0.15) is 0 Å². The molecule has 0 atom stereocenters. The minimum absolute atomic E-state index is 0.0780. The SMILES string of the molecule is COc1ccc2[nH]c(Cl)c(/C=C3/C(=O)N(c4ccccc4)c4ccccc43)c2c1. The van der Waals surface area contributed by atoms with Crippen LogP contribution in [0.2, 0.25) is 5.15 Å². The maximum atomic E-state index is 13.4. The maximum Gasteiger partial charge on any atom is 0.263 e. The standard InChI is InChI=1S/C24H17ClN2O2/c1-29-16-11-12-21-18(13-16)19(23(25)26-21)14-20-17-9-5-6-10-22(17)27(24(20)28)15-7-3-2-4-8-15/h2-14,26H,1H3/b20-14+. The Morgan fingerprint density at radius 1 is 1.00 bits per heavy atom. The fourth-order valence-electron chi connectivity index (χ4n) is 3.79. The molecule has 0 spiro atoms. The molecule has 0 fully saturated rings. The monoisotopic (exact) mass is 400 g/mol. The molecule has 0 aliphatic carbocycles. The van der Waals surface area contributed by atoms with E-state index < -0.39 is 0 Å². The van der Waals surface area contributed by atoms with Crippen molar-refractivity contribution in [3.05, 3.63) is 89.1 Å². The molecule has 1 amide bonds. The number of nitrogens with zero attached hydrogens (tertiary/aromatic N) is 1. The number of ether oxygens (including phenoxy) is 1. The van der Waals surface area contributed by atoms with E-state index in [1.165, 1.54) is 0 Å². The third-order valence-electron chi connectivity index (χ3n) is 5.17. The van der Waals surface area contributed by atoms with Crippen molar-refractivity contribution in [1.29, 1.82) is 0 Å². The van der Waals surface area contributed by atoms with Gasteiger partial charge in [-0.1, -0.05) is 48.0 Å². The van der Waals surface area contributed by atoms with E-state index in [4.69, 9.17) is 16.3 Å². The molecule has 0 saturated carbocycles. The van der Waals surface area contributed by atoms with Gasteiger partial charge in [0, 0.05) is 27.7 Å². The number of H-pyrrole nitrogens is 1. The molecule has 3 aromatic carbocycles. The molecule has 4 nitrogen and oxygen atoms in total. The number of nitrogens with one attached hydrogen (secondary N) is 1. The molecule has 0 saturated heterocycles.